The van der Waals surface area contributed by atoms with E-state index in [9.17, 15) is 0 Å². The van der Waals surface area contributed by atoms with Crippen molar-refractivity contribution >= 4 is 15.9 Å². The molecule has 1 fully saturated rings. The van der Waals surface area contributed by atoms with Crippen LogP contribution in [0.4, 0.5) is 0 Å². The second-order valence-corrected chi connectivity index (χ2v) is 6.89. The molecule has 0 amide bonds. The summed E-state index contributed by atoms with van der Waals surface area (Å²) in [4.78, 5) is 0. The molecule has 0 heterocycles. The molecule has 2 rings (SSSR count). The minimum atomic E-state index is 0.470. The van der Waals surface area contributed by atoms with Crippen molar-refractivity contribution in [2.75, 3.05) is 0 Å². The topological polar surface area (TPSA) is 21.3 Å². The van der Waals surface area contributed by atoms with Gasteiger partial charge in [-0.1, -0.05) is 61.2 Å². The summed E-state index contributed by atoms with van der Waals surface area (Å²) in [6, 6.07) is 7.10. The third kappa shape index (κ3) is 5.19. The Morgan fingerprint density at radius 3 is 2.65 bits per heavy atom. The van der Waals surface area contributed by atoms with Crippen molar-refractivity contribution < 1.29 is 4.74 Å². The van der Waals surface area contributed by atoms with E-state index in [-0.39, 0.29) is 0 Å². The van der Waals surface area contributed by atoms with Crippen LogP contribution in [0.1, 0.15) is 57.1 Å². The number of hydrogen-bond acceptors (Lipinski definition) is 2. The first kappa shape index (κ1) is 16.0. The lowest BCUT2D eigenvalue weighted by Gasteiger charge is -2.22. The first-order valence-corrected chi connectivity index (χ1v) is 8.56. The smallest absolute Gasteiger partial charge is 0.0731 e. The van der Waals surface area contributed by atoms with Gasteiger partial charge in [0.2, 0.25) is 0 Å². The molecule has 0 atom stereocenters. The Hall–Kier alpha value is -0.380. The quantitative estimate of drug-likeness (QED) is 0.803. The van der Waals surface area contributed by atoms with Crippen molar-refractivity contribution in [3.05, 3.63) is 33.8 Å². The first-order chi connectivity index (χ1) is 9.65. The van der Waals surface area contributed by atoms with Crippen molar-refractivity contribution in [1.82, 2.24) is 5.32 Å². The average Bonchev–Trinajstić information content (AvgIpc) is 2.45. The van der Waals surface area contributed by atoms with Gasteiger partial charge in [-0.25, -0.2) is 0 Å². The van der Waals surface area contributed by atoms with E-state index in [1.54, 1.807) is 0 Å². The zero-order valence-corrected chi connectivity index (χ0v) is 14.2. The molecular formula is C17H26BrNO. The highest BCUT2D eigenvalue weighted by Gasteiger charge is 2.14. The second kappa shape index (κ2) is 8.16. The van der Waals surface area contributed by atoms with Crippen LogP contribution in [-0.4, -0.2) is 12.1 Å². The van der Waals surface area contributed by atoms with Crippen molar-refractivity contribution in [2.45, 2.75) is 71.2 Å². The molecule has 2 nitrogen and oxygen atoms in total. The van der Waals surface area contributed by atoms with E-state index < -0.39 is 0 Å². The molecule has 0 unspecified atom stereocenters. The van der Waals surface area contributed by atoms with E-state index in [4.69, 9.17) is 4.74 Å². The summed E-state index contributed by atoms with van der Waals surface area (Å²) in [6.45, 7) is 5.98. The van der Waals surface area contributed by atoms with Gasteiger partial charge < -0.3 is 10.1 Å². The standard InChI is InChI=1S/C17H26BrNO/c1-13(2)19-11-14-8-9-15(17(18)10-14)12-20-16-6-4-3-5-7-16/h8-10,13,16,19H,3-7,11-12H2,1-2H3. The summed E-state index contributed by atoms with van der Waals surface area (Å²) in [5, 5.41) is 3.44. The molecule has 0 radical (unpaired) electrons. The van der Waals surface area contributed by atoms with Crippen LogP contribution >= 0.6 is 15.9 Å². The molecule has 0 bridgehead atoms. The van der Waals surface area contributed by atoms with Crippen molar-refractivity contribution in [3.8, 4) is 0 Å². The van der Waals surface area contributed by atoms with Crippen molar-refractivity contribution in [2.24, 2.45) is 0 Å². The van der Waals surface area contributed by atoms with Crippen LogP contribution in [-0.2, 0) is 17.9 Å². The summed E-state index contributed by atoms with van der Waals surface area (Å²) in [5.74, 6) is 0. The number of halogens is 1. The van der Waals surface area contributed by atoms with Gasteiger partial charge >= 0.3 is 0 Å². The fourth-order valence-electron chi connectivity index (χ4n) is 2.58. The Balaban J connectivity index is 1.85. The van der Waals surface area contributed by atoms with Crippen molar-refractivity contribution in [3.63, 3.8) is 0 Å². The van der Waals surface area contributed by atoms with Gasteiger partial charge in [-0.05, 0) is 30.0 Å². The molecular weight excluding hydrogens is 314 g/mol. The summed E-state index contributed by atoms with van der Waals surface area (Å²) >= 11 is 3.67. The van der Waals surface area contributed by atoms with Gasteiger partial charge in [-0.3, -0.25) is 0 Å². The lowest BCUT2D eigenvalue weighted by molar-refractivity contribution is 0.0166. The van der Waals surface area contributed by atoms with Crippen LogP contribution in [0.25, 0.3) is 0 Å². The van der Waals surface area contributed by atoms with Gasteiger partial charge in [0.1, 0.15) is 0 Å². The normalized spacial score (nSPS) is 16.8. The van der Waals surface area contributed by atoms with Gasteiger partial charge in [-0.15, -0.1) is 0 Å². The monoisotopic (exact) mass is 339 g/mol. The molecule has 0 aromatic heterocycles. The van der Waals surface area contributed by atoms with E-state index in [0.717, 1.165) is 17.6 Å². The number of rotatable bonds is 6. The van der Waals surface area contributed by atoms with E-state index in [2.05, 4.69) is 53.3 Å². The lowest BCUT2D eigenvalue weighted by atomic mass is 9.98. The molecule has 0 spiro atoms. The molecule has 1 N–H and O–H groups in total. The molecule has 1 aliphatic rings. The zero-order chi connectivity index (χ0) is 14.4. The van der Waals surface area contributed by atoms with Crippen LogP contribution in [0.3, 0.4) is 0 Å². The summed E-state index contributed by atoms with van der Waals surface area (Å²) in [5.41, 5.74) is 2.57. The van der Waals surface area contributed by atoms with E-state index >= 15 is 0 Å². The highest BCUT2D eigenvalue weighted by atomic mass is 79.9. The maximum absolute atomic E-state index is 6.04. The molecule has 3 heteroatoms. The maximum Gasteiger partial charge on any atom is 0.0731 e. The lowest BCUT2D eigenvalue weighted by Crippen LogP contribution is -2.21. The molecule has 20 heavy (non-hydrogen) atoms. The summed E-state index contributed by atoms with van der Waals surface area (Å²) < 4.78 is 7.21. The predicted molar refractivity (Wildman–Crippen MR) is 87.8 cm³/mol. The van der Waals surface area contributed by atoms with Crippen LogP contribution in [0.15, 0.2) is 22.7 Å². The molecule has 1 aromatic rings. The SMILES string of the molecule is CC(C)NCc1ccc(COC2CCCCC2)c(Br)c1. The number of hydrogen-bond donors (Lipinski definition) is 1. The van der Waals surface area contributed by atoms with Gasteiger partial charge in [0.25, 0.3) is 0 Å². The minimum absolute atomic E-state index is 0.470. The largest absolute Gasteiger partial charge is 0.374 e. The molecule has 1 saturated carbocycles. The first-order valence-electron chi connectivity index (χ1n) is 7.77. The van der Waals surface area contributed by atoms with Crippen molar-refractivity contribution in [1.29, 1.82) is 0 Å². The van der Waals surface area contributed by atoms with Crippen LogP contribution < -0.4 is 5.32 Å². The highest BCUT2D eigenvalue weighted by Crippen LogP contribution is 2.24. The Kier molecular flexibility index (Phi) is 6.53. The Labute approximate surface area is 131 Å². The van der Waals surface area contributed by atoms with Crippen LogP contribution in [0, 0.1) is 0 Å². The summed E-state index contributed by atoms with van der Waals surface area (Å²) in [6.07, 6.45) is 6.96. The fraction of sp³-hybridized carbons (Fsp3) is 0.647. The van der Waals surface area contributed by atoms with Gasteiger partial charge in [-0.2, -0.15) is 0 Å². The number of benzene rings is 1. The molecule has 112 valence electrons. The van der Waals surface area contributed by atoms with Gasteiger partial charge in [0.05, 0.1) is 12.7 Å². The van der Waals surface area contributed by atoms with E-state index in [1.807, 2.05) is 0 Å². The van der Waals surface area contributed by atoms with Crippen LogP contribution in [0.2, 0.25) is 0 Å². The summed E-state index contributed by atoms with van der Waals surface area (Å²) in [7, 11) is 0. The average molecular weight is 340 g/mol. The Morgan fingerprint density at radius 1 is 1.25 bits per heavy atom. The van der Waals surface area contributed by atoms with Gasteiger partial charge in [0.15, 0.2) is 0 Å². The molecule has 1 aromatic carbocycles. The highest BCUT2D eigenvalue weighted by molar-refractivity contribution is 9.10. The van der Waals surface area contributed by atoms with Gasteiger partial charge in [0, 0.05) is 17.1 Å². The van der Waals surface area contributed by atoms with E-state index in [0.29, 0.717) is 12.1 Å². The van der Waals surface area contributed by atoms with Crippen LogP contribution in [0.5, 0.6) is 0 Å². The number of ether oxygens (including phenoxy) is 1. The maximum atomic E-state index is 6.04. The second-order valence-electron chi connectivity index (χ2n) is 6.03. The molecule has 0 aliphatic heterocycles. The van der Waals surface area contributed by atoms with E-state index in [1.165, 1.54) is 43.2 Å². The number of nitrogens with one attached hydrogen (secondary N) is 1. The Morgan fingerprint density at radius 2 is 2.00 bits per heavy atom. The molecule has 0 saturated heterocycles. The third-order valence-corrected chi connectivity index (χ3v) is 4.60. The fourth-order valence-corrected chi connectivity index (χ4v) is 3.12. The zero-order valence-electron chi connectivity index (χ0n) is 12.6. The molecule has 1 aliphatic carbocycles. The Bertz CT molecular complexity index is 413. The predicted octanol–water partition coefficient (Wildman–Crippen LogP) is 4.80. The third-order valence-electron chi connectivity index (χ3n) is 3.86. The minimum Gasteiger partial charge on any atom is -0.374 e.